The molecular formula is C10H21N3. The molecule has 0 unspecified atom stereocenters. The molecule has 1 aliphatic heterocycles. The number of hydrogen-bond acceptors (Lipinski definition) is 3. The number of likely N-dealkylation sites (N-methyl/N-ethyl adjacent to an activating group) is 3. The molecule has 13 heavy (non-hydrogen) atoms. The predicted octanol–water partition coefficient (Wildman–Crippen LogP) is 0.653. The first-order valence-corrected chi connectivity index (χ1v) is 4.75. The van der Waals surface area contributed by atoms with Gasteiger partial charge in [0.15, 0.2) is 0 Å². The summed E-state index contributed by atoms with van der Waals surface area (Å²) >= 11 is 0. The van der Waals surface area contributed by atoms with Crippen LogP contribution in [-0.2, 0) is 0 Å². The van der Waals surface area contributed by atoms with Crippen LogP contribution in [-0.4, -0.2) is 62.1 Å². The standard InChI is InChI=1S/C10H21N3/c1-11(2)9-7-6-8-13(5)10(9)12(3)4/h6,8-10H,7H2,1-5H3/t9-,10-/m0/s1. The van der Waals surface area contributed by atoms with E-state index >= 15 is 0 Å². The Hall–Kier alpha value is -0.540. The summed E-state index contributed by atoms with van der Waals surface area (Å²) in [5.74, 6) is 0. The van der Waals surface area contributed by atoms with Crippen molar-refractivity contribution < 1.29 is 0 Å². The van der Waals surface area contributed by atoms with Gasteiger partial charge in [0.05, 0.1) is 6.17 Å². The third kappa shape index (κ3) is 2.23. The maximum absolute atomic E-state index is 2.30. The van der Waals surface area contributed by atoms with Gasteiger partial charge in [0.1, 0.15) is 0 Å². The summed E-state index contributed by atoms with van der Waals surface area (Å²) in [6.45, 7) is 0. The average molecular weight is 183 g/mol. The van der Waals surface area contributed by atoms with Crippen molar-refractivity contribution in [3.8, 4) is 0 Å². The van der Waals surface area contributed by atoms with Gasteiger partial charge in [-0.2, -0.15) is 0 Å². The Labute approximate surface area is 81.6 Å². The molecule has 1 aliphatic rings. The summed E-state index contributed by atoms with van der Waals surface area (Å²) in [4.78, 5) is 6.84. The molecular weight excluding hydrogens is 162 g/mol. The van der Waals surface area contributed by atoms with Gasteiger partial charge in [-0.3, -0.25) is 4.90 Å². The molecule has 3 heteroatoms. The Kier molecular flexibility index (Phi) is 3.33. The molecule has 0 amide bonds. The minimum atomic E-state index is 0.486. The molecule has 76 valence electrons. The lowest BCUT2D eigenvalue weighted by Crippen LogP contribution is -2.55. The summed E-state index contributed by atoms with van der Waals surface area (Å²) in [7, 11) is 10.7. The van der Waals surface area contributed by atoms with E-state index in [0.29, 0.717) is 12.2 Å². The van der Waals surface area contributed by atoms with E-state index in [4.69, 9.17) is 0 Å². The molecule has 0 aromatic carbocycles. The first kappa shape index (κ1) is 10.5. The molecule has 0 saturated heterocycles. The van der Waals surface area contributed by atoms with Crippen LogP contribution in [0.1, 0.15) is 6.42 Å². The monoisotopic (exact) mass is 183 g/mol. The molecule has 0 saturated carbocycles. The van der Waals surface area contributed by atoms with Gasteiger partial charge in [-0.25, -0.2) is 0 Å². The van der Waals surface area contributed by atoms with Crippen molar-refractivity contribution in [1.29, 1.82) is 0 Å². The Balaban J connectivity index is 2.77. The second kappa shape index (κ2) is 4.11. The topological polar surface area (TPSA) is 9.72 Å². The van der Waals surface area contributed by atoms with Crippen LogP contribution in [0.25, 0.3) is 0 Å². The summed E-state index contributed by atoms with van der Waals surface area (Å²) in [5, 5.41) is 0. The van der Waals surface area contributed by atoms with Crippen LogP contribution < -0.4 is 0 Å². The Morgan fingerprint density at radius 2 is 1.77 bits per heavy atom. The van der Waals surface area contributed by atoms with E-state index in [1.165, 1.54) is 0 Å². The van der Waals surface area contributed by atoms with Crippen LogP contribution in [0.3, 0.4) is 0 Å². The minimum Gasteiger partial charge on any atom is -0.364 e. The zero-order valence-corrected chi connectivity index (χ0v) is 9.36. The van der Waals surface area contributed by atoms with Crippen molar-refractivity contribution in [2.75, 3.05) is 35.2 Å². The fourth-order valence-electron chi connectivity index (χ4n) is 2.03. The SMILES string of the molecule is CN(C)[C@H]1CC=CN(C)[C@@H]1N(C)C. The number of nitrogens with zero attached hydrogens (tertiary/aromatic N) is 3. The lowest BCUT2D eigenvalue weighted by molar-refractivity contribution is 0.0509. The molecule has 0 radical (unpaired) electrons. The smallest absolute Gasteiger partial charge is 0.0968 e. The largest absolute Gasteiger partial charge is 0.364 e. The quantitative estimate of drug-likeness (QED) is 0.622. The van der Waals surface area contributed by atoms with E-state index in [-0.39, 0.29) is 0 Å². The van der Waals surface area contributed by atoms with Crippen LogP contribution >= 0.6 is 0 Å². The highest BCUT2D eigenvalue weighted by Gasteiger charge is 2.28. The highest BCUT2D eigenvalue weighted by Crippen LogP contribution is 2.18. The number of rotatable bonds is 2. The van der Waals surface area contributed by atoms with Crippen molar-refractivity contribution in [3.05, 3.63) is 12.3 Å². The molecule has 2 atom stereocenters. The van der Waals surface area contributed by atoms with Crippen molar-refractivity contribution in [2.45, 2.75) is 18.6 Å². The minimum absolute atomic E-state index is 0.486. The highest BCUT2D eigenvalue weighted by molar-refractivity contribution is 4.98. The van der Waals surface area contributed by atoms with Crippen molar-refractivity contribution in [3.63, 3.8) is 0 Å². The molecule has 0 aliphatic carbocycles. The van der Waals surface area contributed by atoms with Crippen LogP contribution in [0, 0.1) is 0 Å². The Morgan fingerprint density at radius 1 is 1.15 bits per heavy atom. The zero-order valence-electron chi connectivity index (χ0n) is 9.36. The fourth-order valence-corrected chi connectivity index (χ4v) is 2.03. The molecule has 1 heterocycles. The molecule has 0 bridgehead atoms. The maximum atomic E-state index is 2.30. The summed E-state index contributed by atoms with van der Waals surface area (Å²) in [5.41, 5.74) is 0. The molecule has 0 spiro atoms. The highest BCUT2D eigenvalue weighted by atomic mass is 15.4. The molecule has 0 aromatic rings. The molecule has 3 nitrogen and oxygen atoms in total. The van der Waals surface area contributed by atoms with E-state index < -0.39 is 0 Å². The Bertz CT molecular complexity index is 187. The van der Waals surface area contributed by atoms with Crippen molar-refractivity contribution in [1.82, 2.24) is 14.7 Å². The Morgan fingerprint density at radius 3 is 2.15 bits per heavy atom. The lowest BCUT2D eigenvalue weighted by Gasteiger charge is -2.43. The first-order valence-electron chi connectivity index (χ1n) is 4.75. The van der Waals surface area contributed by atoms with Crippen LogP contribution in [0.5, 0.6) is 0 Å². The fraction of sp³-hybridized carbons (Fsp3) is 0.800. The third-order valence-electron chi connectivity index (χ3n) is 2.67. The van der Waals surface area contributed by atoms with E-state index in [1.54, 1.807) is 0 Å². The van der Waals surface area contributed by atoms with Gasteiger partial charge in [-0.15, -0.1) is 0 Å². The van der Waals surface area contributed by atoms with Gasteiger partial charge in [-0.05, 0) is 40.8 Å². The van der Waals surface area contributed by atoms with Crippen LogP contribution in [0.4, 0.5) is 0 Å². The van der Waals surface area contributed by atoms with E-state index in [2.05, 4.69) is 62.2 Å². The van der Waals surface area contributed by atoms with Crippen molar-refractivity contribution >= 4 is 0 Å². The van der Waals surface area contributed by atoms with Gasteiger partial charge in [-0.1, -0.05) is 6.08 Å². The van der Waals surface area contributed by atoms with E-state index in [1.807, 2.05) is 0 Å². The molecule has 0 N–H and O–H groups in total. The van der Waals surface area contributed by atoms with Gasteiger partial charge in [0.2, 0.25) is 0 Å². The van der Waals surface area contributed by atoms with Gasteiger partial charge in [0, 0.05) is 13.1 Å². The lowest BCUT2D eigenvalue weighted by atomic mass is 10.1. The van der Waals surface area contributed by atoms with E-state index in [9.17, 15) is 0 Å². The molecule has 0 fully saturated rings. The second-order valence-corrected chi connectivity index (χ2v) is 4.19. The number of hydrogen-bond donors (Lipinski definition) is 0. The van der Waals surface area contributed by atoms with Gasteiger partial charge < -0.3 is 9.80 Å². The summed E-state index contributed by atoms with van der Waals surface area (Å²) < 4.78 is 0. The maximum Gasteiger partial charge on any atom is 0.0968 e. The van der Waals surface area contributed by atoms with Crippen molar-refractivity contribution in [2.24, 2.45) is 0 Å². The van der Waals surface area contributed by atoms with Crippen LogP contribution in [0.2, 0.25) is 0 Å². The molecule has 0 aromatic heterocycles. The summed E-state index contributed by atoms with van der Waals surface area (Å²) in [6.07, 6.45) is 6.04. The van der Waals surface area contributed by atoms with Gasteiger partial charge in [0.25, 0.3) is 0 Å². The molecule has 1 rings (SSSR count). The predicted molar refractivity (Wildman–Crippen MR) is 56.5 cm³/mol. The average Bonchev–Trinajstić information content (AvgIpc) is 2.02. The third-order valence-corrected chi connectivity index (χ3v) is 2.67. The normalized spacial score (nSPS) is 29.0. The first-order chi connectivity index (χ1) is 6.04. The summed E-state index contributed by atoms with van der Waals surface area (Å²) in [6, 6.07) is 0.588. The zero-order chi connectivity index (χ0) is 10.0. The van der Waals surface area contributed by atoms with Crippen LogP contribution in [0.15, 0.2) is 12.3 Å². The second-order valence-electron chi connectivity index (χ2n) is 4.19. The van der Waals surface area contributed by atoms with E-state index in [0.717, 1.165) is 6.42 Å². The van der Waals surface area contributed by atoms with Gasteiger partial charge >= 0.3 is 0 Å².